The van der Waals surface area contributed by atoms with Crippen LogP contribution in [0.1, 0.15) is 20.8 Å². The quantitative estimate of drug-likeness (QED) is 0.662. The van der Waals surface area contributed by atoms with E-state index in [2.05, 4.69) is 10.6 Å². The molecule has 3 N–H and O–H groups in total. The molecule has 0 radical (unpaired) electrons. The lowest BCUT2D eigenvalue weighted by atomic mass is 10.1. The normalized spacial score (nSPS) is 12.0. The minimum atomic E-state index is -0.633. The molecule has 1 aromatic carbocycles. The van der Waals surface area contributed by atoms with Crippen molar-refractivity contribution in [3.05, 3.63) is 24.3 Å². The van der Waals surface area contributed by atoms with Crippen LogP contribution in [0.5, 0.6) is 11.5 Å². The van der Waals surface area contributed by atoms with E-state index in [-0.39, 0.29) is 37.1 Å². The molecule has 0 aliphatic heterocycles. The second kappa shape index (κ2) is 10.3. The molecule has 1 amide bonds. The third-order valence-corrected chi connectivity index (χ3v) is 2.79. The second-order valence-corrected chi connectivity index (χ2v) is 6.00. The second-order valence-electron chi connectivity index (χ2n) is 6.00. The number of halogens is 1. The fraction of sp³-hybridized carbons (Fsp3) is 0.562. The van der Waals surface area contributed by atoms with Crippen molar-refractivity contribution in [3.63, 3.8) is 0 Å². The highest BCUT2D eigenvalue weighted by Crippen LogP contribution is 2.26. The van der Waals surface area contributed by atoms with E-state index in [1.165, 1.54) is 0 Å². The van der Waals surface area contributed by atoms with Crippen molar-refractivity contribution < 1.29 is 19.4 Å². The molecule has 0 heterocycles. The molecule has 0 saturated heterocycles. The first kappa shape index (κ1) is 21.5. The van der Waals surface area contributed by atoms with Crippen LogP contribution in [0.15, 0.2) is 24.3 Å². The topological polar surface area (TPSA) is 79.8 Å². The summed E-state index contributed by atoms with van der Waals surface area (Å²) in [5.74, 6) is 0.757. The van der Waals surface area contributed by atoms with Crippen molar-refractivity contribution in [2.45, 2.75) is 32.4 Å². The Kier molecular flexibility index (Phi) is 9.64. The molecule has 1 aromatic rings. The van der Waals surface area contributed by atoms with Crippen molar-refractivity contribution in [1.82, 2.24) is 10.6 Å². The summed E-state index contributed by atoms with van der Waals surface area (Å²) < 4.78 is 11.0. The number of nitrogens with one attached hydrogen (secondary N) is 2. The number of aliphatic hydroxyl groups excluding tert-OH is 1. The van der Waals surface area contributed by atoms with Crippen molar-refractivity contribution >= 4 is 18.3 Å². The highest BCUT2D eigenvalue weighted by molar-refractivity contribution is 5.85. The van der Waals surface area contributed by atoms with Gasteiger partial charge < -0.3 is 25.2 Å². The molecule has 0 fully saturated rings. The van der Waals surface area contributed by atoms with Crippen LogP contribution >= 0.6 is 12.4 Å². The van der Waals surface area contributed by atoms with Crippen LogP contribution in [0, 0.1) is 0 Å². The van der Waals surface area contributed by atoms with Gasteiger partial charge in [0.15, 0.2) is 18.1 Å². The lowest BCUT2D eigenvalue weighted by Gasteiger charge is -2.23. The average molecular weight is 347 g/mol. The van der Waals surface area contributed by atoms with E-state index in [0.717, 1.165) is 0 Å². The molecule has 0 spiro atoms. The van der Waals surface area contributed by atoms with E-state index < -0.39 is 6.10 Å². The number of likely N-dealkylation sites (N-methyl/N-ethyl adjacent to an activating group) is 1. The van der Waals surface area contributed by atoms with Gasteiger partial charge in [-0.1, -0.05) is 12.1 Å². The minimum absolute atomic E-state index is 0. The summed E-state index contributed by atoms with van der Waals surface area (Å²) in [6, 6.07) is 7.06. The number of rotatable bonds is 8. The summed E-state index contributed by atoms with van der Waals surface area (Å²) in [7, 11) is 1.55. The van der Waals surface area contributed by atoms with Gasteiger partial charge in [0.1, 0.15) is 12.7 Å². The molecule has 132 valence electrons. The Hall–Kier alpha value is -1.50. The zero-order chi connectivity index (χ0) is 16.6. The molecule has 0 bridgehead atoms. The van der Waals surface area contributed by atoms with Gasteiger partial charge in [-0.3, -0.25) is 4.79 Å². The fourth-order valence-electron chi connectivity index (χ4n) is 1.57. The molecular weight excluding hydrogens is 320 g/mol. The van der Waals surface area contributed by atoms with E-state index in [0.29, 0.717) is 18.0 Å². The Labute approximate surface area is 144 Å². The molecule has 7 heteroatoms. The number of carbonyl (C=O) groups excluding carboxylic acids is 1. The maximum Gasteiger partial charge on any atom is 0.257 e. The van der Waals surface area contributed by atoms with Crippen LogP contribution in [0.4, 0.5) is 0 Å². The van der Waals surface area contributed by atoms with Gasteiger partial charge in [-0.05, 0) is 32.9 Å². The highest BCUT2D eigenvalue weighted by atomic mass is 35.5. The number of amides is 1. The Bertz CT molecular complexity index is 477. The molecule has 0 aliphatic rings. The number of aliphatic hydroxyl groups is 1. The van der Waals surface area contributed by atoms with Crippen LogP contribution in [-0.4, -0.2) is 49.5 Å². The third kappa shape index (κ3) is 9.28. The first-order chi connectivity index (χ1) is 10.3. The van der Waals surface area contributed by atoms with Crippen molar-refractivity contribution in [3.8, 4) is 11.5 Å². The lowest BCUT2D eigenvalue weighted by molar-refractivity contribution is -0.122. The fourth-order valence-corrected chi connectivity index (χ4v) is 1.57. The van der Waals surface area contributed by atoms with Crippen LogP contribution in [0.3, 0.4) is 0 Å². The Morgan fingerprint density at radius 2 is 1.78 bits per heavy atom. The monoisotopic (exact) mass is 346 g/mol. The van der Waals surface area contributed by atoms with Gasteiger partial charge >= 0.3 is 0 Å². The Morgan fingerprint density at radius 3 is 2.30 bits per heavy atom. The van der Waals surface area contributed by atoms with Crippen LogP contribution in [0.25, 0.3) is 0 Å². The van der Waals surface area contributed by atoms with Crippen molar-refractivity contribution in [2.24, 2.45) is 0 Å². The molecule has 6 nitrogen and oxygen atoms in total. The highest BCUT2D eigenvalue weighted by Gasteiger charge is 2.14. The summed E-state index contributed by atoms with van der Waals surface area (Å²) in [6.07, 6.45) is -0.633. The van der Waals surface area contributed by atoms with Gasteiger partial charge in [0.05, 0.1) is 0 Å². The summed E-state index contributed by atoms with van der Waals surface area (Å²) in [6.45, 7) is 6.59. The number of carbonyl (C=O) groups is 1. The van der Waals surface area contributed by atoms with E-state index in [4.69, 9.17) is 9.47 Å². The van der Waals surface area contributed by atoms with Gasteiger partial charge in [0.2, 0.25) is 0 Å². The molecular formula is C16H27ClN2O4. The van der Waals surface area contributed by atoms with Crippen LogP contribution < -0.4 is 20.1 Å². The van der Waals surface area contributed by atoms with E-state index in [1.54, 1.807) is 25.2 Å². The average Bonchev–Trinajstić information content (AvgIpc) is 2.48. The van der Waals surface area contributed by atoms with Crippen molar-refractivity contribution in [2.75, 3.05) is 26.8 Å². The first-order valence-electron chi connectivity index (χ1n) is 7.30. The number of benzene rings is 1. The van der Waals surface area contributed by atoms with Crippen LogP contribution in [0.2, 0.25) is 0 Å². The van der Waals surface area contributed by atoms with Gasteiger partial charge in [0, 0.05) is 19.1 Å². The molecule has 0 saturated carbocycles. The van der Waals surface area contributed by atoms with Gasteiger partial charge in [-0.15, -0.1) is 12.4 Å². The van der Waals surface area contributed by atoms with Crippen LogP contribution in [-0.2, 0) is 4.79 Å². The summed E-state index contributed by atoms with van der Waals surface area (Å²) in [5, 5.41) is 15.6. The lowest BCUT2D eigenvalue weighted by Crippen LogP contribution is -2.42. The summed E-state index contributed by atoms with van der Waals surface area (Å²) >= 11 is 0. The predicted molar refractivity (Wildman–Crippen MR) is 92.5 cm³/mol. The van der Waals surface area contributed by atoms with Gasteiger partial charge in [0.25, 0.3) is 5.91 Å². The van der Waals surface area contributed by atoms with E-state index in [9.17, 15) is 9.90 Å². The standard InChI is InChI=1S/C16H26N2O4.ClH/c1-16(2,3)18-9-12(19)10-21-13-7-5-6-8-14(13)22-11-15(20)17-4;/h5-8,12,18-19H,9-11H2,1-4H3,(H,17,20);1H/t12-;/m1./s1. The minimum Gasteiger partial charge on any atom is -0.487 e. The van der Waals surface area contributed by atoms with Crippen molar-refractivity contribution in [1.29, 1.82) is 0 Å². The maximum absolute atomic E-state index is 11.2. The van der Waals surface area contributed by atoms with Gasteiger partial charge in [-0.2, -0.15) is 0 Å². The zero-order valence-electron chi connectivity index (χ0n) is 14.1. The number of hydrogen-bond acceptors (Lipinski definition) is 5. The number of ether oxygens (including phenoxy) is 2. The molecule has 0 aliphatic carbocycles. The largest absolute Gasteiger partial charge is 0.487 e. The Morgan fingerprint density at radius 1 is 1.22 bits per heavy atom. The maximum atomic E-state index is 11.2. The molecule has 0 unspecified atom stereocenters. The number of para-hydroxylation sites is 2. The predicted octanol–water partition coefficient (Wildman–Crippen LogP) is 1.36. The first-order valence-corrected chi connectivity index (χ1v) is 7.30. The molecule has 23 heavy (non-hydrogen) atoms. The summed E-state index contributed by atoms with van der Waals surface area (Å²) in [5.41, 5.74) is -0.0600. The number of hydrogen-bond donors (Lipinski definition) is 3. The molecule has 1 rings (SSSR count). The SMILES string of the molecule is CNC(=O)COc1ccccc1OC[C@H](O)CNC(C)(C)C.Cl. The molecule has 1 atom stereocenters. The smallest absolute Gasteiger partial charge is 0.257 e. The zero-order valence-corrected chi connectivity index (χ0v) is 14.9. The Balaban J connectivity index is 0.00000484. The van der Waals surface area contributed by atoms with E-state index in [1.807, 2.05) is 26.8 Å². The molecule has 0 aromatic heterocycles. The number of β-amino-alcohol motifs (C(OH)–C–C–N with tert-alkyl or cyclic N) is 1. The third-order valence-electron chi connectivity index (χ3n) is 2.79. The van der Waals surface area contributed by atoms with Gasteiger partial charge in [-0.25, -0.2) is 0 Å². The summed E-state index contributed by atoms with van der Waals surface area (Å²) in [4.78, 5) is 11.2. The van der Waals surface area contributed by atoms with E-state index >= 15 is 0 Å².